The van der Waals surface area contributed by atoms with Crippen molar-refractivity contribution in [3.8, 4) is 11.4 Å². The Labute approximate surface area is 140 Å². The van der Waals surface area contributed by atoms with Crippen LogP contribution in [0.5, 0.6) is 0 Å². The van der Waals surface area contributed by atoms with Gasteiger partial charge in [0.1, 0.15) is 11.6 Å². The van der Waals surface area contributed by atoms with Crippen LogP contribution in [0.3, 0.4) is 0 Å². The van der Waals surface area contributed by atoms with Crippen LogP contribution < -0.4 is 0 Å². The lowest BCUT2D eigenvalue weighted by Gasteiger charge is -2.09. The first-order chi connectivity index (χ1) is 10.1. The first-order valence-electron chi connectivity index (χ1n) is 6.34. The Morgan fingerprint density at radius 2 is 2.05 bits per heavy atom. The number of hydrogen-bond acceptors (Lipinski definition) is 1. The molecule has 0 unspecified atom stereocenters. The second kappa shape index (κ2) is 6.15. The molecule has 0 radical (unpaired) electrons. The monoisotopic (exact) mass is 412 g/mol. The molecule has 0 atom stereocenters. The molecule has 0 fully saturated rings. The highest BCUT2D eigenvalue weighted by Gasteiger charge is 2.09. The van der Waals surface area contributed by atoms with E-state index in [9.17, 15) is 4.39 Å². The third kappa shape index (κ3) is 3.27. The molecule has 0 bridgehead atoms. The molecule has 1 heterocycles. The highest BCUT2D eigenvalue weighted by atomic mass is 127. The molecule has 5 heteroatoms. The van der Waals surface area contributed by atoms with Gasteiger partial charge < -0.3 is 4.57 Å². The molecule has 0 aliphatic heterocycles. The molecule has 0 saturated heterocycles. The molecule has 3 rings (SSSR count). The Bertz CT molecular complexity index is 785. The highest BCUT2D eigenvalue weighted by Crippen LogP contribution is 2.22. The Morgan fingerprint density at radius 3 is 2.86 bits per heavy atom. The molecule has 0 spiro atoms. The molecule has 0 N–H and O–H groups in total. The fourth-order valence-electron chi connectivity index (χ4n) is 2.17. The number of halogens is 3. The van der Waals surface area contributed by atoms with E-state index < -0.39 is 0 Å². The first kappa shape index (κ1) is 14.5. The summed E-state index contributed by atoms with van der Waals surface area (Å²) in [6, 6.07) is 12.6. The van der Waals surface area contributed by atoms with Crippen LogP contribution >= 0.6 is 34.2 Å². The SMILES string of the molecule is Fc1ccc(Cl)cc1Cn1ccnc1-c1cccc(I)c1. The second-order valence-corrected chi connectivity index (χ2v) is 6.31. The van der Waals surface area contributed by atoms with Gasteiger partial charge in [0, 0.05) is 32.1 Å². The van der Waals surface area contributed by atoms with Crippen LogP contribution in [-0.2, 0) is 6.54 Å². The normalized spacial score (nSPS) is 10.8. The number of hydrogen-bond donors (Lipinski definition) is 0. The van der Waals surface area contributed by atoms with Crippen molar-refractivity contribution in [2.45, 2.75) is 6.54 Å². The Hall–Kier alpha value is -1.40. The molecular weight excluding hydrogens is 402 g/mol. The van der Waals surface area contributed by atoms with Gasteiger partial charge in [-0.3, -0.25) is 0 Å². The standard InChI is InChI=1S/C16H11ClFIN2/c17-13-4-5-15(18)12(8-13)10-21-7-6-20-16(21)11-2-1-3-14(19)9-11/h1-9H,10H2. The first-order valence-corrected chi connectivity index (χ1v) is 7.80. The molecule has 0 aliphatic rings. The second-order valence-electron chi connectivity index (χ2n) is 4.62. The summed E-state index contributed by atoms with van der Waals surface area (Å²) in [6.45, 7) is 0.396. The fraction of sp³-hybridized carbons (Fsp3) is 0.0625. The predicted molar refractivity (Wildman–Crippen MR) is 90.9 cm³/mol. The Morgan fingerprint density at radius 1 is 1.19 bits per heavy atom. The Kier molecular flexibility index (Phi) is 4.26. The van der Waals surface area contributed by atoms with E-state index in [1.807, 2.05) is 35.0 Å². The predicted octanol–water partition coefficient (Wildman–Crippen LogP) is 5.00. The van der Waals surface area contributed by atoms with Crippen molar-refractivity contribution in [1.29, 1.82) is 0 Å². The van der Waals surface area contributed by atoms with Crippen LogP contribution in [-0.4, -0.2) is 9.55 Å². The molecule has 1 aromatic heterocycles. The van der Waals surface area contributed by atoms with Crippen molar-refractivity contribution in [2.75, 3.05) is 0 Å². The molecule has 21 heavy (non-hydrogen) atoms. The van der Waals surface area contributed by atoms with E-state index in [2.05, 4.69) is 27.6 Å². The molecule has 2 aromatic carbocycles. The maximum Gasteiger partial charge on any atom is 0.140 e. The number of rotatable bonds is 3. The Balaban J connectivity index is 1.98. The van der Waals surface area contributed by atoms with Crippen molar-refractivity contribution in [3.05, 3.63) is 74.8 Å². The smallest absolute Gasteiger partial charge is 0.140 e. The lowest BCUT2D eigenvalue weighted by Crippen LogP contribution is -2.03. The van der Waals surface area contributed by atoms with Gasteiger partial charge in [-0.25, -0.2) is 9.37 Å². The number of nitrogens with zero attached hydrogens (tertiary/aromatic N) is 2. The quantitative estimate of drug-likeness (QED) is 0.554. The molecule has 0 amide bonds. The van der Waals surface area contributed by atoms with Gasteiger partial charge in [-0.2, -0.15) is 0 Å². The number of aromatic nitrogens is 2. The summed E-state index contributed by atoms with van der Waals surface area (Å²) in [5.41, 5.74) is 1.56. The van der Waals surface area contributed by atoms with Crippen LogP contribution in [0.25, 0.3) is 11.4 Å². The van der Waals surface area contributed by atoms with Gasteiger partial charge in [-0.05, 0) is 52.9 Å². The van der Waals surface area contributed by atoms with E-state index in [1.54, 1.807) is 18.3 Å². The van der Waals surface area contributed by atoms with Crippen LogP contribution in [0.4, 0.5) is 4.39 Å². The van der Waals surface area contributed by atoms with Crippen LogP contribution in [0, 0.1) is 9.39 Å². The summed E-state index contributed by atoms with van der Waals surface area (Å²) >= 11 is 8.20. The number of imidazole rings is 1. The summed E-state index contributed by atoms with van der Waals surface area (Å²) < 4.78 is 16.9. The van der Waals surface area contributed by atoms with Crippen molar-refractivity contribution in [2.24, 2.45) is 0 Å². The molecule has 3 aromatic rings. The summed E-state index contributed by atoms with van der Waals surface area (Å²) in [5, 5.41) is 0.530. The minimum Gasteiger partial charge on any atom is -0.326 e. The van der Waals surface area contributed by atoms with Crippen molar-refractivity contribution < 1.29 is 4.39 Å². The molecule has 0 aliphatic carbocycles. The van der Waals surface area contributed by atoms with E-state index in [0.717, 1.165) is 15.0 Å². The summed E-state index contributed by atoms with van der Waals surface area (Å²) in [5.74, 6) is 0.551. The minimum absolute atomic E-state index is 0.262. The summed E-state index contributed by atoms with van der Waals surface area (Å²) in [6.07, 6.45) is 3.56. The summed E-state index contributed by atoms with van der Waals surface area (Å²) in [4.78, 5) is 4.38. The van der Waals surface area contributed by atoms with Crippen molar-refractivity contribution in [1.82, 2.24) is 9.55 Å². The van der Waals surface area contributed by atoms with E-state index in [4.69, 9.17) is 11.6 Å². The molecule has 106 valence electrons. The zero-order chi connectivity index (χ0) is 14.8. The molecular formula is C16H11ClFIN2. The lowest BCUT2D eigenvalue weighted by molar-refractivity contribution is 0.600. The summed E-state index contributed by atoms with van der Waals surface area (Å²) in [7, 11) is 0. The van der Waals surface area contributed by atoms with E-state index in [-0.39, 0.29) is 5.82 Å². The van der Waals surface area contributed by atoms with Gasteiger partial charge >= 0.3 is 0 Å². The van der Waals surface area contributed by atoms with Gasteiger partial charge in [0.25, 0.3) is 0 Å². The van der Waals surface area contributed by atoms with Gasteiger partial charge in [-0.15, -0.1) is 0 Å². The third-order valence-electron chi connectivity index (χ3n) is 3.15. The van der Waals surface area contributed by atoms with E-state index >= 15 is 0 Å². The van der Waals surface area contributed by atoms with Gasteiger partial charge in [0.2, 0.25) is 0 Å². The maximum atomic E-state index is 13.9. The van der Waals surface area contributed by atoms with Crippen molar-refractivity contribution in [3.63, 3.8) is 0 Å². The van der Waals surface area contributed by atoms with Crippen LogP contribution in [0.2, 0.25) is 5.02 Å². The van der Waals surface area contributed by atoms with E-state index in [0.29, 0.717) is 17.1 Å². The van der Waals surface area contributed by atoms with Gasteiger partial charge in [-0.1, -0.05) is 23.7 Å². The molecule has 0 saturated carbocycles. The third-order valence-corrected chi connectivity index (χ3v) is 4.05. The largest absolute Gasteiger partial charge is 0.326 e. The highest BCUT2D eigenvalue weighted by molar-refractivity contribution is 14.1. The lowest BCUT2D eigenvalue weighted by atomic mass is 10.2. The average molecular weight is 413 g/mol. The van der Waals surface area contributed by atoms with Crippen molar-refractivity contribution >= 4 is 34.2 Å². The topological polar surface area (TPSA) is 17.8 Å². The van der Waals surface area contributed by atoms with Gasteiger partial charge in [0.15, 0.2) is 0 Å². The number of benzene rings is 2. The zero-order valence-corrected chi connectivity index (χ0v) is 13.8. The van der Waals surface area contributed by atoms with Crippen LogP contribution in [0.15, 0.2) is 54.9 Å². The van der Waals surface area contributed by atoms with Gasteiger partial charge in [0.05, 0.1) is 6.54 Å². The fourth-order valence-corrected chi connectivity index (χ4v) is 2.91. The van der Waals surface area contributed by atoms with E-state index in [1.165, 1.54) is 6.07 Å². The van der Waals surface area contributed by atoms with Crippen LogP contribution in [0.1, 0.15) is 5.56 Å². The average Bonchev–Trinajstić information content (AvgIpc) is 2.91. The minimum atomic E-state index is -0.262. The maximum absolute atomic E-state index is 13.9. The zero-order valence-electron chi connectivity index (χ0n) is 10.9. The molecule has 2 nitrogen and oxygen atoms in total.